The topological polar surface area (TPSA) is 21.3 Å². The first-order valence-corrected chi connectivity index (χ1v) is 5.88. The minimum absolute atomic E-state index is 0.0939. The molecule has 1 N–H and O–H groups in total. The molecule has 2 aromatic rings. The Hall–Kier alpha value is -1.74. The van der Waals surface area contributed by atoms with E-state index in [0.29, 0.717) is 6.61 Å². The van der Waals surface area contributed by atoms with Gasteiger partial charge in [0, 0.05) is 12.3 Å². The van der Waals surface area contributed by atoms with Gasteiger partial charge in [0.15, 0.2) is 0 Å². The molecular weight excluding hydrogens is 209 g/mol. The maximum Gasteiger partial charge on any atom is 0.449 e. The van der Waals surface area contributed by atoms with Crippen molar-refractivity contribution in [3.05, 3.63) is 60.7 Å². The fraction of sp³-hybridized carbons (Fsp3) is 0.143. The predicted octanol–water partition coefficient (Wildman–Crippen LogP) is 2.53. The second-order valence-electron chi connectivity index (χ2n) is 3.76. The second kappa shape index (κ2) is 6.11. The Kier molecular flexibility index (Phi) is 4.22. The summed E-state index contributed by atoms with van der Waals surface area (Å²) in [5.74, 6) is 0. The molecule has 0 fully saturated rings. The molecule has 0 heterocycles. The third kappa shape index (κ3) is 3.36. The Morgan fingerprint density at radius 2 is 1.53 bits per heavy atom. The van der Waals surface area contributed by atoms with Crippen LogP contribution >= 0.6 is 0 Å². The SMILES string of the molecule is CCOB(Nc1ccccc1)c1ccccc1. The summed E-state index contributed by atoms with van der Waals surface area (Å²) in [6.07, 6.45) is 0. The van der Waals surface area contributed by atoms with E-state index < -0.39 is 0 Å². The molecule has 0 spiro atoms. The van der Waals surface area contributed by atoms with Crippen LogP contribution < -0.4 is 10.7 Å². The lowest BCUT2D eigenvalue weighted by molar-refractivity contribution is 0.354. The minimum Gasteiger partial charge on any atom is -0.413 e. The molecule has 0 bridgehead atoms. The third-order valence-corrected chi connectivity index (χ3v) is 2.51. The van der Waals surface area contributed by atoms with E-state index in [1.807, 2.05) is 55.5 Å². The van der Waals surface area contributed by atoms with Crippen LogP contribution in [0, 0.1) is 0 Å². The number of anilines is 1. The minimum atomic E-state index is -0.0939. The standard InChI is InChI=1S/C14H16BNO/c1-2-17-15(13-9-5-3-6-10-13)16-14-11-7-4-8-12-14/h3-12,16H,2H2,1H3. The van der Waals surface area contributed by atoms with Crippen LogP contribution in [0.5, 0.6) is 0 Å². The molecule has 17 heavy (non-hydrogen) atoms. The van der Waals surface area contributed by atoms with Crippen LogP contribution in [0.25, 0.3) is 0 Å². The van der Waals surface area contributed by atoms with Crippen molar-refractivity contribution < 1.29 is 4.65 Å². The van der Waals surface area contributed by atoms with E-state index in [0.717, 1.165) is 11.2 Å². The average molecular weight is 225 g/mol. The molecule has 0 atom stereocenters. The first kappa shape index (κ1) is 11.7. The molecule has 0 saturated heterocycles. The van der Waals surface area contributed by atoms with Crippen molar-refractivity contribution >= 4 is 18.2 Å². The quantitative estimate of drug-likeness (QED) is 0.789. The van der Waals surface area contributed by atoms with E-state index in [1.54, 1.807) is 0 Å². The van der Waals surface area contributed by atoms with E-state index in [2.05, 4.69) is 17.4 Å². The molecule has 2 nitrogen and oxygen atoms in total. The molecule has 2 aromatic carbocycles. The number of rotatable bonds is 5. The van der Waals surface area contributed by atoms with Gasteiger partial charge >= 0.3 is 7.05 Å². The van der Waals surface area contributed by atoms with E-state index in [9.17, 15) is 0 Å². The molecule has 0 unspecified atom stereocenters. The van der Waals surface area contributed by atoms with E-state index in [4.69, 9.17) is 4.65 Å². The zero-order valence-corrected chi connectivity index (χ0v) is 9.97. The van der Waals surface area contributed by atoms with Gasteiger partial charge in [0.05, 0.1) is 0 Å². The second-order valence-corrected chi connectivity index (χ2v) is 3.76. The summed E-state index contributed by atoms with van der Waals surface area (Å²) in [4.78, 5) is 0. The number of para-hydroxylation sites is 1. The summed E-state index contributed by atoms with van der Waals surface area (Å²) in [5, 5.41) is 3.37. The molecule has 0 amide bonds. The Bertz CT molecular complexity index is 432. The van der Waals surface area contributed by atoms with Crippen LogP contribution in [0.4, 0.5) is 5.69 Å². The zero-order chi connectivity index (χ0) is 11.9. The lowest BCUT2D eigenvalue weighted by atomic mass is 9.73. The van der Waals surface area contributed by atoms with Crippen LogP contribution in [0.2, 0.25) is 0 Å². The molecule has 0 aliphatic heterocycles. The van der Waals surface area contributed by atoms with Gasteiger partial charge in [-0.25, -0.2) is 0 Å². The fourth-order valence-corrected chi connectivity index (χ4v) is 1.70. The van der Waals surface area contributed by atoms with E-state index in [-0.39, 0.29) is 7.05 Å². The molecule has 2 rings (SSSR count). The van der Waals surface area contributed by atoms with Gasteiger partial charge < -0.3 is 9.88 Å². The Morgan fingerprint density at radius 1 is 0.941 bits per heavy atom. The molecular formula is C14H16BNO. The number of hydrogen-bond donors (Lipinski definition) is 1. The van der Waals surface area contributed by atoms with Crippen molar-refractivity contribution in [1.82, 2.24) is 0 Å². The summed E-state index contributed by atoms with van der Waals surface area (Å²) in [5.41, 5.74) is 2.20. The monoisotopic (exact) mass is 225 g/mol. The van der Waals surface area contributed by atoms with Gasteiger partial charge in [0.2, 0.25) is 0 Å². The lowest BCUT2D eigenvalue weighted by Gasteiger charge is -2.15. The maximum absolute atomic E-state index is 5.72. The van der Waals surface area contributed by atoms with Gasteiger partial charge in [-0.2, -0.15) is 0 Å². The van der Waals surface area contributed by atoms with Crippen LogP contribution in [-0.4, -0.2) is 13.7 Å². The molecule has 0 aliphatic carbocycles. The van der Waals surface area contributed by atoms with Gasteiger partial charge in [-0.15, -0.1) is 0 Å². The fourth-order valence-electron chi connectivity index (χ4n) is 1.70. The number of hydrogen-bond acceptors (Lipinski definition) is 2. The summed E-state index contributed by atoms with van der Waals surface area (Å²) in [6, 6.07) is 20.3. The lowest BCUT2D eigenvalue weighted by Crippen LogP contribution is -2.41. The highest BCUT2D eigenvalue weighted by atomic mass is 16.4. The largest absolute Gasteiger partial charge is 0.449 e. The average Bonchev–Trinajstić information content (AvgIpc) is 2.40. The molecule has 0 saturated carbocycles. The third-order valence-electron chi connectivity index (χ3n) is 2.51. The first-order chi connectivity index (χ1) is 8.40. The van der Waals surface area contributed by atoms with Crippen molar-refractivity contribution in [3.63, 3.8) is 0 Å². The van der Waals surface area contributed by atoms with E-state index >= 15 is 0 Å². The van der Waals surface area contributed by atoms with Crippen molar-refractivity contribution in [2.24, 2.45) is 0 Å². The van der Waals surface area contributed by atoms with Gasteiger partial charge in [-0.1, -0.05) is 48.5 Å². The Labute approximate surface area is 103 Å². The van der Waals surface area contributed by atoms with Crippen LogP contribution in [0.3, 0.4) is 0 Å². The highest BCUT2D eigenvalue weighted by molar-refractivity contribution is 6.70. The summed E-state index contributed by atoms with van der Waals surface area (Å²) in [7, 11) is -0.0939. The molecule has 0 radical (unpaired) electrons. The Balaban J connectivity index is 2.13. The van der Waals surface area contributed by atoms with Gasteiger partial charge in [0.1, 0.15) is 0 Å². The molecule has 3 heteroatoms. The normalized spacial score (nSPS) is 9.94. The zero-order valence-electron chi connectivity index (χ0n) is 9.97. The number of benzene rings is 2. The van der Waals surface area contributed by atoms with Gasteiger partial charge in [-0.05, 0) is 24.5 Å². The number of nitrogens with one attached hydrogen (secondary N) is 1. The van der Waals surface area contributed by atoms with Gasteiger partial charge in [-0.3, -0.25) is 0 Å². The molecule has 0 aromatic heterocycles. The van der Waals surface area contributed by atoms with Crippen molar-refractivity contribution in [1.29, 1.82) is 0 Å². The van der Waals surface area contributed by atoms with Crippen molar-refractivity contribution in [2.45, 2.75) is 6.92 Å². The molecule has 86 valence electrons. The van der Waals surface area contributed by atoms with Crippen molar-refractivity contribution in [2.75, 3.05) is 11.8 Å². The van der Waals surface area contributed by atoms with Crippen molar-refractivity contribution in [3.8, 4) is 0 Å². The summed E-state index contributed by atoms with van der Waals surface area (Å²) < 4.78 is 5.72. The predicted molar refractivity (Wildman–Crippen MR) is 73.5 cm³/mol. The Morgan fingerprint density at radius 3 is 2.12 bits per heavy atom. The first-order valence-electron chi connectivity index (χ1n) is 5.88. The van der Waals surface area contributed by atoms with Crippen LogP contribution in [0.1, 0.15) is 6.92 Å². The van der Waals surface area contributed by atoms with Gasteiger partial charge in [0.25, 0.3) is 0 Å². The van der Waals surface area contributed by atoms with E-state index in [1.165, 1.54) is 0 Å². The summed E-state index contributed by atoms with van der Waals surface area (Å²) >= 11 is 0. The van der Waals surface area contributed by atoms with Crippen LogP contribution in [0.15, 0.2) is 60.7 Å². The highest BCUT2D eigenvalue weighted by Gasteiger charge is 2.18. The van der Waals surface area contributed by atoms with Crippen LogP contribution in [-0.2, 0) is 4.65 Å². The summed E-state index contributed by atoms with van der Waals surface area (Å²) in [6.45, 7) is 2.68. The maximum atomic E-state index is 5.72. The smallest absolute Gasteiger partial charge is 0.413 e. The molecule has 0 aliphatic rings. The highest BCUT2D eigenvalue weighted by Crippen LogP contribution is 2.06.